The number of ether oxygens (including phenoxy) is 1. The number of nitrogens with one attached hydrogen (secondary N) is 2. The van der Waals surface area contributed by atoms with Crippen LogP contribution in [0.4, 0.5) is 0 Å². The average Bonchev–Trinajstić information content (AvgIpc) is 3.14. The van der Waals surface area contributed by atoms with Crippen LogP contribution in [0.15, 0.2) is 45.6 Å². The quantitative estimate of drug-likeness (QED) is 0.216. The van der Waals surface area contributed by atoms with Crippen molar-refractivity contribution in [3.05, 3.63) is 46.8 Å². The fraction of sp³-hybridized carbons (Fsp3) is 0.421. The van der Waals surface area contributed by atoms with Crippen LogP contribution in [0.3, 0.4) is 0 Å². The van der Waals surface area contributed by atoms with Crippen LogP contribution in [0.25, 0.3) is 0 Å². The van der Waals surface area contributed by atoms with E-state index in [0.29, 0.717) is 29.9 Å². The molecule has 0 aliphatic rings. The van der Waals surface area contributed by atoms with Gasteiger partial charge in [0.15, 0.2) is 5.96 Å². The topological polar surface area (TPSA) is 83.0 Å². The van der Waals surface area contributed by atoms with Gasteiger partial charge in [-0.3, -0.25) is 0 Å². The highest BCUT2D eigenvalue weighted by Gasteiger charge is 2.19. The smallest absolute Gasteiger partial charge is 0.252 e. The van der Waals surface area contributed by atoms with Crippen molar-refractivity contribution in [3.8, 4) is 5.75 Å². The summed E-state index contributed by atoms with van der Waals surface area (Å²) in [7, 11) is -0.343. The molecule has 0 saturated heterocycles. The molecule has 0 bridgehead atoms. The third kappa shape index (κ3) is 8.11. The standard InChI is InChI=1S/C19H28N4O3S2.HI/c1-5-20-19(21-12-13-26-16-8-6-15(2)7-9-16)22-14-17-10-11-18(27-17)28(24,25)23(3)4;/h6-11H,5,12-14H2,1-4H3,(H2,20,21,22);1H. The number of benzene rings is 1. The zero-order valence-corrected chi connectivity index (χ0v) is 21.1. The lowest BCUT2D eigenvalue weighted by molar-refractivity contribution is 0.322. The van der Waals surface area contributed by atoms with Gasteiger partial charge in [0.25, 0.3) is 10.0 Å². The van der Waals surface area contributed by atoms with Crippen LogP contribution in [0.1, 0.15) is 17.4 Å². The van der Waals surface area contributed by atoms with Crippen LogP contribution in [0.2, 0.25) is 0 Å². The number of rotatable bonds is 9. The predicted octanol–water partition coefficient (Wildman–Crippen LogP) is 3.06. The number of hydrogen-bond donors (Lipinski definition) is 2. The van der Waals surface area contributed by atoms with Gasteiger partial charge in [-0.1, -0.05) is 17.7 Å². The molecule has 0 atom stereocenters. The summed E-state index contributed by atoms with van der Waals surface area (Å²) in [6.45, 7) is 6.28. The number of thiophene rings is 1. The van der Waals surface area contributed by atoms with Gasteiger partial charge >= 0.3 is 0 Å². The molecule has 7 nitrogen and oxygen atoms in total. The Labute approximate surface area is 194 Å². The van der Waals surface area contributed by atoms with Gasteiger partial charge < -0.3 is 15.4 Å². The summed E-state index contributed by atoms with van der Waals surface area (Å²) >= 11 is 1.24. The van der Waals surface area contributed by atoms with Crippen molar-refractivity contribution in [1.29, 1.82) is 0 Å². The van der Waals surface area contributed by atoms with E-state index in [9.17, 15) is 8.42 Å². The van der Waals surface area contributed by atoms with Crippen LogP contribution in [-0.4, -0.2) is 52.5 Å². The molecule has 1 aromatic heterocycles. The summed E-state index contributed by atoms with van der Waals surface area (Å²) in [5.74, 6) is 1.50. The van der Waals surface area contributed by atoms with Crippen molar-refractivity contribution < 1.29 is 13.2 Å². The van der Waals surface area contributed by atoms with Crippen molar-refractivity contribution in [3.63, 3.8) is 0 Å². The zero-order valence-electron chi connectivity index (χ0n) is 17.1. The molecular formula is C19H29IN4O3S2. The maximum atomic E-state index is 12.2. The second-order valence-corrected chi connectivity index (χ2v) is 9.84. The maximum absolute atomic E-state index is 12.2. The molecule has 162 valence electrons. The number of aryl methyl sites for hydroxylation is 1. The Morgan fingerprint density at radius 3 is 2.45 bits per heavy atom. The Bertz CT molecular complexity index is 881. The summed E-state index contributed by atoms with van der Waals surface area (Å²) in [4.78, 5) is 5.40. The van der Waals surface area contributed by atoms with E-state index in [4.69, 9.17) is 4.74 Å². The Kier molecular flexibility index (Phi) is 10.9. The van der Waals surface area contributed by atoms with Crippen LogP contribution in [0, 0.1) is 6.92 Å². The van der Waals surface area contributed by atoms with E-state index in [-0.39, 0.29) is 24.0 Å². The fourth-order valence-corrected chi connectivity index (χ4v) is 4.68. The molecule has 0 radical (unpaired) electrons. The lowest BCUT2D eigenvalue weighted by atomic mass is 10.2. The number of hydrogen-bond acceptors (Lipinski definition) is 5. The van der Waals surface area contributed by atoms with E-state index in [1.54, 1.807) is 12.1 Å². The van der Waals surface area contributed by atoms with E-state index in [0.717, 1.165) is 17.2 Å². The first-order valence-electron chi connectivity index (χ1n) is 9.06. The Balaban J connectivity index is 0.00000420. The largest absolute Gasteiger partial charge is 0.492 e. The molecule has 1 aromatic carbocycles. The van der Waals surface area contributed by atoms with Gasteiger partial charge in [0.05, 0.1) is 13.1 Å². The molecular weight excluding hydrogens is 523 g/mol. The lowest BCUT2D eigenvalue weighted by Gasteiger charge is -2.12. The van der Waals surface area contributed by atoms with Gasteiger partial charge in [-0.2, -0.15) is 0 Å². The van der Waals surface area contributed by atoms with Crippen LogP contribution in [0.5, 0.6) is 5.75 Å². The number of nitrogens with zero attached hydrogens (tertiary/aromatic N) is 2. The van der Waals surface area contributed by atoms with E-state index in [1.165, 1.54) is 35.3 Å². The van der Waals surface area contributed by atoms with E-state index in [1.807, 2.05) is 38.1 Å². The molecule has 2 N–H and O–H groups in total. The molecule has 0 unspecified atom stereocenters. The molecule has 0 aliphatic heterocycles. The summed E-state index contributed by atoms with van der Waals surface area (Å²) in [5.41, 5.74) is 1.20. The minimum absolute atomic E-state index is 0. The van der Waals surface area contributed by atoms with E-state index < -0.39 is 10.0 Å². The molecule has 0 aliphatic carbocycles. The second-order valence-electron chi connectivity index (χ2n) is 6.29. The van der Waals surface area contributed by atoms with Crippen molar-refractivity contribution in [2.75, 3.05) is 33.8 Å². The molecule has 2 rings (SSSR count). The highest BCUT2D eigenvalue weighted by Crippen LogP contribution is 2.24. The Morgan fingerprint density at radius 1 is 1.14 bits per heavy atom. The molecule has 2 aromatic rings. The molecule has 1 heterocycles. The highest BCUT2D eigenvalue weighted by molar-refractivity contribution is 14.0. The van der Waals surface area contributed by atoms with Gasteiger partial charge in [-0.05, 0) is 38.1 Å². The summed E-state index contributed by atoms with van der Waals surface area (Å²) in [5, 5.41) is 6.40. The molecule has 29 heavy (non-hydrogen) atoms. The SMILES string of the molecule is CCNC(=NCc1ccc(S(=O)(=O)N(C)C)s1)NCCOc1ccc(C)cc1.I. The predicted molar refractivity (Wildman–Crippen MR) is 130 cm³/mol. The van der Waals surface area contributed by atoms with Crippen molar-refractivity contribution in [2.24, 2.45) is 4.99 Å². The van der Waals surface area contributed by atoms with E-state index >= 15 is 0 Å². The van der Waals surface area contributed by atoms with Gasteiger partial charge in [0.2, 0.25) is 0 Å². The second kappa shape index (κ2) is 12.4. The molecule has 0 spiro atoms. The van der Waals surface area contributed by atoms with Crippen molar-refractivity contribution in [2.45, 2.75) is 24.6 Å². The Hall–Kier alpha value is -1.37. The molecule has 10 heteroatoms. The van der Waals surface area contributed by atoms with Crippen molar-refractivity contribution in [1.82, 2.24) is 14.9 Å². The molecule has 0 fully saturated rings. The van der Waals surface area contributed by atoms with Gasteiger partial charge in [-0.15, -0.1) is 35.3 Å². The molecule has 0 saturated carbocycles. The summed E-state index contributed by atoms with van der Waals surface area (Å²) in [6.07, 6.45) is 0. The lowest BCUT2D eigenvalue weighted by Crippen LogP contribution is -2.39. The van der Waals surface area contributed by atoms with Gasteiger partial charge in [0, 0.05) is 25.5 Å². The van der Waals surface area contributed by atoms with Crippen molar-refractivity contribution >= 4 is 51.3 Å². The minimum atomic E-state index is -3.40. The first kappa shape index (κ1) is 25.7. The number of sulfonamides is 1. The first-order valence-corrected chi connectivity index (χ1v) is 11.3. The van der Waals surface area contributed by atoms with Crippen LogP contribution < -0.4 is 15.4 Å². The highest BCUT2D eigenvalue weighted by atomic mass is 127. The fourth-order valence-electron chi connectivity index (χ4n) is 2.23. The van der Waals surface area contributed by atoms with Gasteiger partial charge in [-0.25, -0.2) is 17.7 Å². The van der Waals surface area contributed by atoms with Crippen LogP contribution in [-0.2, 0) is 16.6 Å². The number of guanidine groups is 1. The van der Waals surface area contributed by atoms with Gasteiger partial charge in [0.1, 0.15) is 16.6 Å². The summed E-state index contributed by atoms with van der Waals surface area (Å²) < 4.78 is 31.6. The zero-order chi connectivity index (χ0) is 20.6. The number of halogens is 1. The summed E-state index contributed by atoms with van der Waals surface area (Å²) in [6, 6.07) is 11.4. The Morgan fingerprint density at radius 2 is 1.83 bits per heavy atom. The third-order valence-electron chi connectivity index (χ3n) is 3.79. The minimum Gasteiger partial charge on any atom is -0.492 e. The monoisotopic (exact) mass is 552 g/mol. The molecule has 0 amide bonds. The maximum Gasteiger partial charge on any atom is 0.252 e. The third-order valence-corrected chi connectivity index (χ3v) is 7.15. The average molecular weight is 553 g/mol. The first-order chi connectivity index (χ1) is 13.3. The number of aliphatic imine (C=N–C) groups is 1. The normalized spacial score (nSPS) is 11.8. The van der Waals surface area contributed by atoms with E-state index in [2.05, 4.69) is 15.6 Å². The van der Waals surface area contributed by atoms with Crippen LogP contribution >= 0.6 is 35.3 Å².